The molecule has 2 aliphatic rings. The van der Waals surface area contributed by atoms with Crippen LogP contribution in [0, 0.1) is 5.82 Å². The molecule has 0 radical (unpaired) electrons. The lowest BCUT2D eigenvalue weighted by Crippen LogP contribution is -2.50. The van der Waals surface area contributed by atoms with Crippen LogP contribution >= 0.6 is 0 Å². The van der Waals surface area contributed by atoms with E-state index in [0.717, 1.165) is 54.8 Å². The Morgan fingerprint density at radius 3 is 2.63 bits per heavy atom. The molecule has 0 saturated carbocycles. The maximum Gasteiger partial charge on any atom is 0.255 e. The highest BCUT2D eigenvalue weighted by atomic mass is 19.1. The van der Waals surface area contributed by atoms with Crippen LogP contribution in [-0.2, 0) is 4.74 Å². The molecule has 0 spiro atoms. The zero-order valence-electron chi connectivity index (χ0n) is 21.8. The van der Waals surface area contributed by atoms with Gasteiger partial charge in [0.2, 0.25) is 0 Å². The summed E-state index contributed by atoms with van der Waals surface area (Å²) in [6.45, 7) is 5.13. The second-order valence-corrected chi connectivity index (χ2v) is 10.3. The third-order valence-corrected chi connectivity index (χ3v) is 8.10. The summed E-state index contributed by atoms with van der Waals surface area (Å²) in [5, 5.41) is 5.21. The molecule has 4 heterocycles. The van der Waals surface area contributed by atoms with Gasteiger partial charge in [0.1, 0.15) is 11.9 Å². The predicted molar refractivity (Wildman–Crippen MR) is 143 cm³/mol. The molecule has 1 amide bonds. The number of halogens is 1. The minimum absolute atomic E-state index is 0.0122. The van der Waals surface area contributed by atoms with Gasteiger partial charge in [-0.25, -0.2) is 4.39 Å². The Balaban J connectivity index is 1.31. The van der Waals surface area contributed by atoms with Gasteiger partial charge in [0.25, 0.3) is 5.91 Å². The lowest BCUT2D eigenvalue weighted by atomic mass is 9.90. The number of carbonyl (C=O) groups excluding carboxylic acids is 1. The first-order valence-corrected chi connectivity index (χ1v) is 13.5. The van der Waals surface area contributed by atoms with Gasteiger partial charge in [-0.05, 0) is 62.7 Å². The summed E-state index contributed by atoms with van der Waals surface area (Å²) in [5.41, 5.74) is 4.05. The molecule has 0 N–H and O–H groups in total. The average molecular weight is 517 g/mol. The van der Waals surface area contributed by atoms with Crippen molar-refractivity contribution in [2.75, 3.05) is 33.3 Å². The number of piperidine rings is 1. The predicted octanol–water partition coefficient (Wildman–Crippen LogP) is 5.56. The van der Waals surface area contributed by atoms with Gasteiger partial charge in [-0.15, -0.1) is 0 Å². The lowest BCUT2D eigenvalue weighted by molar-refractivity contribution is -0.00920. The Bertz CT molecular complexity index is 1420. The van der Waals surface area contributed by atoms with Crippen molar-refractivity contribution in [3.05, 3.63) is 83.6 Å². The highest BCUT2D eigenvalue weighted by molar-refractivity contribution is 5.96. The van der Waals surface area contributed by atoms with Gasteiger partial charge in [0, 0.05) is 49.5 Å². The molecule has 0 bridgehead atoms. The highest BCUT2D eigenvalue weighted by Gasteiger charge is 2.41. The standard InChI is InChI=1S/C30H33FN4O3/c1-3-14-34-19-25(29(37-2)28-24(30(34)36)13-17-35(28)22-7-5-4-6-8-22)33-15-11-20(12-16-33)27-23-10-9-21(31)18-26(23)38-32-27/h4-10,13,17-18,20,25,29H,3,11-12,14-16,19H2,1-2H3. The zero-order chi connectivity index (χ0) is 26.2. The first-order chi connectivity index (χ1) is 18.6. The molecule has 0 aliphatic carbocycles. The number of benzene rings is 2. The Labute approximate surface area is 221 Å². The number of hydrogen-bond acceptors (Lipinski definition) is 5. The molecule has 8 heteroatoms. The minimum Gasteiger partial charge on any atom is -0.373 e. The molecule has 2 atom stereocenters. The van der Waals surface area contributed by atoms with E-state index in [-0.39, 0.29) is 29.8 Å². The molecule has 1 fully saturated rings. The van der Waals surface area contributed by atoms with Crippen LogP contribution in [0.1, 0.15) is 60.0 Å². The molecular formula is C30H33FN4O3. The molecule has 2 aromatic heterocycles. The Kier molecular flexibility index (Phi) is 6.76. The summed E-state index contributed by atoms with van der Waals surface area (Å²) in [7, 11) is 1.75. The van der Waals surface area contributed by atoms with Crippen LogP contribution in [0.5, 0.6) is 0 Å². The number of nitrogens with zero attached hydrogens (tertiary/aromatic N) is 4. The van der Waals surface area contributed by atoms with E-state index in [0.29, 0.717) is 24.2 Å². The number of aromatic nitrogens is 2. The quantitative estimate of drug-likeness (QED) is 0.336. The van der Waals surface area contributed by atoms with Crippen molar-refractivity contribution in [3.8, 4) is 5.69 Å². The van der Waals surface area contributed by atoms with E-state index < -0.39 is 0 Å². The fourth-order valence-electron chi connectivity index (χ4n) is 6.25. The summed E-state index contributed by atoms with van der Waals surface area (Å²) in [6, 6.07) is 16.7. The zero-order valence-corrected chi connectivity index (χ0v) is 21.8. The number of rotatable bonds is 6. The summed E-state index contributed by atoms with van der Waals surface area (Å²) < 4.78 is 27.4. The SMILES string of the molecule is CCCN1CC(N2CCC(c3noc4cc(F)ccc34)CC2)C(OC)c2c(ccn2-c2ccccc2)C1=O. The Morgan fingerprint density at radius 2 is 1.89 bits per heavy atom. The van der Waals surface area contributed by atoms with Crippen LogP contribution in [0.2, 0.25) is 0 Å². The van der Waals surface area contributed by atoms with Gasteiger partial charge < -0.3 is 18.7 Å². The minimum atomic E-state index is -0.320. The normalized spacial score (nSPS) is 21.1. The monoisotopic (exact) mass is 516 g/mol. The highest BCUT2D eigenvalue weighted by Crippen LogP contribution is 2.38. The number of methoxy groups -OCH3 is 1. The van der Waals surface area contributed by atoms with Gasteiger partial charge in [0.15, 0.2) is 5.58 Å². The fraction of sp³-hybridized carbons (Fsp3) is 0.400. The van der Waals surface area contributed by atoms with E-state index >= 15 is 0 Å². The van der Waals surface area contributed by atoms with E-state index in [4.69, 9.17) is 9.26 Å². The maximum absolute atomic E-state index is 13.7. The summed E-state index contributed by atoms with van der Waals surface area (Å²) in [4.78, 5) is 18.2. The Hall–Kier alpha value is -3.49. The third-order valence-electron chi connectivity index (χ3n) is 8.10. The van der Waals surface area contributed by atoms with Gasteiger partial charge in [-0.3, -0.25) is 9.69 Å². The van der Waals surface area contributed by atoms with Crippen molar-refractivity contribution >= 4 is 16.9 Å². The van der Waals surface area contributed by atoms with Crippen molar-refractivity contribution in [1.82, 2.24) is 19.5 Å². The number of amides is 1. The van der Waals surface area contributed by atoms with Crippen molar-refractivity contribution in [3.63, 3.8) is 0 Å². The van der Waals surface area contributed by atoms with Crippen molar-refractivity contribution in [1.29, 1.82) is 0 Å². The second-order valence-electron chi connectivity index (χ2n) is 10.3. The van der Waals surface area contributed by atoms with Crippen LogP contribution in [0.3, 0.4) is 0 Å². The van der Waals surface area contributed by atoms with Gasteiger partial charge in [0.05, 0.1) is 23.0 Å². The van der Waals surface area contributed by atoms with E-state index in [1.54, 1.807) is 13.2 Å². The lowest BCUT2D eigenvalue weighted by Gasteiger charge is -2.41. The average Bonchev–Trinajstić information content (AvgIpc) is 3.55. The summed E-state index contributed by atoms with van der Waals surface area (Å²) >= 11 is 0. The van der Waals surface area contributed by atoms with Crippen molar-refractivity contribution < 1.29 is 18.4 Å². The van der Waals surface area contributed by atoms with Gasteiger partial charge in [-0.2, -0.15) is 0 Å². The first-order valence-electron chi connectivity index (χ1n) is 13.5. The number of para-hydroxylation sites is 1. The van der Waals surface area contributed by atoms with Crippen LogP contribution in [0.15, 0.2) is 65.3 Å². The van der Waals surface area contributed by atoms with Crippen LogP contribution in [-0.4, -0.2) is 64.8 Å². The number of ether oxygens (including phenoxy) is 1. The number of likely N-dealkylation sites (tertiary alicyclic amines) is 1. The van der Waals surface area contributed by atoms with Gasteiger partial charge in [-0.1, -0.05) is 30.3 Å². The summed E-state index contributed by atoms with van der Waals surface area (Å²) in [6.07, 6.45) is 4.42. The fourth-order valence-corrected chi connectivity index (χ4v) is 6.25. The molecule has 198 valence electrons. The second kappa shape index (κ2) is 10.3. The number of hydrogen-bond donors (Lipinski definition) is 0. The molecule has 2 aromatic carbocycles. The number of fused-ring (bicyclic) bond motifs is 2. The molecular weight excluding hydrogens is 483 g/mol. The molecule has 2 aliphatic heterocycles. The van der Waals surface area contributed by atoms with E-state index in [9.17, 15) is 9.18 Å². The molecule has 6 rings (SSSR count). The van der Waals surface area contributed by atoms with Crippen molar-refractivity contribution in [2.24, 2.45) is 0 Å². The summed E-state index contributed by atoms with van der Waals surface area (Å²) in [5.74, 6) is -0.0149. The largest absolute Gasteiger partial charge is 0.373 e. The Morgan fingerprint density at radius 1 is 1.11 bits per heavy atom. The van der Waals surface area contributed by atoms with E-state index in [2.05, 4.69) is 33.7 Å². The molecule has 38 heavy (non-hydrogen) atoms. The van der Waals surface area contributed by atoms with E-state index in [1.165, 1.54) is 12.1 Å². The topological polar surface area (TPSA) is 63.7 Å². The van der Waals surface area contributed by atoms with Crippen molar-refractivity contribution in [2.45, 2.75) is 44.2 Å². The molecule has 7 nitrogen and oxygen atoms in total. The molecule has 4 aromatic rings. The molecule has 1 saturated heterocycles. The third kappa shape index (κ3) is 4.31. The van der Waals surface area contributed by atoms with Crippen LogP contribution in [0.25, 0.3) is 16.7 Å². The molecule has 2 unspecified atom stereocenters. The van der Waals surface area contributed by atoms with Crippen LogP contribution in [0.4, 0.5) is 4.39 Å². The van der Waals surface area contributed by atoms with Gasteiger partial charge >= 0.3 is 0 Å². The van der Waals surface area contributed by atoms with Crippen LogP contribution < -0.4 is 0 Å². The number of carbonyl (C=O) groups is 1. The van der Waals surface area contributed by atoms with E-state index in [1.807, 2.05) is 35.4 Å². The maximum atomic E-state index is 13.7. The first kappa shape index (κ1) is 24.8. The smallest absolute Gasteiger partial charge is 0.255 e.